The predicted octanol–water partition coefficient (Wildman–Crippen LogP) is 2.57. The van der Waals surface area contributed by atoms with Gasteiger partial charge in [0.25, 0.3) is 5.91 Å². The zero-order valence-corrected chi connectivity index (χ0v) is 16.6. The lowest BCUT2D eigenvalue weighted by atomic mass is 10.1. The lowest BCUT2D eigenvalue weighted by Crippen LogP contribution is -2.19. The third-order valence-electron chi connectivity index (χ3n) is 3.95. The van der Waals surface area contributed by atoms with Crippen molar-refractivity contribution in [2.45, 2.75) is 0 Å². The molecule has 0 aliphatic rings. The van der Waals surface area contributed by atoms with Crippen LogP contribution in [0.5, 0.6) is 0 Å². The first kappa shape index (κ1) is 19.4. The summed E-state index contributed by atoms with van der Waals surface area (Å²) in [4.78, 5) is 12.7. The van der Waals surface area contributed by atoms with Crippen molar-refractivity contribution in [3.05, 3.63) is 70.1 Å². The van der Waals surface area contributed by atoms with Crippen LogP contribution in [-0.4, -0.2) is 37.4 Å². The number of hydrazone groups is 1. The van der Waals surface area contributed by atoms with E-state index in [1.54, 1.807) is 24.3 Å². The lowest BCUT2D eigenvalue weighted by molar-refractivity contribution is 0.0950. The van der Waals surface area contributed by atoms with E-state index in [0.717, 1.165) is 0 Å². The Labute approximate surface area is 176 Å². The first-order valence-electron chi connectivity index (χ1n) is 8.42. The average molecular weight is 471 g/mol. The van der Waals surface area contributed by atoms with Gasteiger partial charge < -0.3 is 5.73 Å². The van der Waals surface area contributed by atoms with E-state index in [1.165, 1.54) is 29.1 Å². The lowest BCUT2D eigenvalue weighted by Gasteiger charge is -2.05. The quantitative estimate of drug-likeness (QED) is 0.337. The van der Waals surface area contributed by atoms with E-state index in [1.807, 2.05) is 6.07 Å². The van der Waals surface area contributed by atoms with Crippen LogP contribution >= 0.6 is 15.9 Å². The standard InChI is InChI=1S/C18H12BrFN8O2/c19-12-8-10(6-7-13(12)20)9-22-24-18(29)14-15(11-4-2-1-3-5-11)28(27-23-14)17-16(21)25-30-26-17/h1-9H,(H2,21,25)(H,24,29)/b22-9+. The van der Waals surface area contributed by atoms with E-state index in [-0.39, 0.29) is 21.8 Å². The minimum absolute atomic E-state index is 0.0102. The molecule has 2 heterocycles. The number of aromatic nitrogens is 5. The number of halogens is 2. The Morgan fingerprint density at radius 2 is 2.03 bits per heavy atom. The van der Waals surface area contributed by atoms with E-state index in [2.05, 4.69) is 51.7 Å². The van der Waals surface area contributed by atoms with Crippen molar-refractivity contribution in [1.29, 1.82) is 0 Å². The fraction of sp³-hybridized carbons (Fsp3) is 0. The van der Waals surface area contributed by atoms with Crippen LogP contribution in [0.4, 0.5) is 10.2 Å². The van der Waals surface area contributed by atoms with E-state index < -0.39 is 11.7 Å². The highest BCUT2D eigenvalue weighted by Gasteiger charge is 2.24. The summed E-state index contributed by atoms with van der Waals surface area (Å²) >= 11 is 3.09. The minimum Gasteiger partial charge on any atom is -0.378 e. The number of amides is 1. The van der Waals surface area contributed by atoms with Crippen molar-refractivity contribution in [3.8, 4) is 17.1 Å². The van der Waals surface area contributed by atoms with Crippen molar-refractivity contribution in [2.24, 2.45) is 5.10 Å². The number of carbonyl (C=O) groups is 1. The van der Waals surface area contributed by atoms with Gasteiger partial charge in [-0.2, -0.15) is 9.78 Å². The maximum absolute atomic E-state index is 13.3. The van der Waals surface area contributed by atoms with Crippen LogP contribution in [0.1, 0.15) is 16.1 Å². The second-order valence-electron chi connectivity index (χ2n) is 5.91. The molecule has 0 saturated carbocycles. The number of carbonyl (C=O) groups excluding carboxylic acids is 1. The van der Waals surface area contributed by atoms with Gasteiger partial charge in [0.2, 0.25) is 11.6 Å². The molecule has 0 aliphatic carbocycles. The van der Waals surface area contributed by atoms with Crippen LogP contribution in [0.15, 0.2) is 62.7 Å². The molecule has 4 aromatic rings. The van der Waals surface area contributed by atoms with Gasteiger partial charge in [-0.05, 0) is 43.9 Å². The number of nitrogens with zero attached hydrogens (tertiary/aromatic N) is 6. The molecule has 1 amide bonds. The molecule has 2 aromatic carbocycles. The highest BCUT2D eigenvalue weighted by atomic mass is 79.9. The Kier molecular flexibility index (Phi) is 5.30. The van der Waals surface area contributed by atoms with Crippen molar-refractivity contribution in [3.63, 3.8) is 0 Å². The van der Waals surface area contributed by atoms with Gasteiger partial charge in [-0.25, -0.2) is 14.4 Å². The zero-order valence-electron chi connectivity index (χ0n) is 15.0. The summed E-state index contributed by atoms with van der Waals surface area (Å²) in [6.07, 6.45) is 1.37. The summed E-state index contributed by atoms with van der Waals surface area (Å²) in [6, 6.07) is 13.3. The average Bonchev–Trinajstić information content (AvgIpc) is 3.37. The summed E-state index contributed by atoms with van der Waals surface area (Å²) in [7, 11) is 0. The van der Waals surface area contributed by atoms with Gasteiger partial charge in [0.15, 0.2) is 5.69 Å². The van der Waals surface area contributed by atoms with Crippen molar-refractivity contribution < 1.29 is 13.8 Å². The summed E-state index contributed by atoms with van der Waals surface area (Å²) in [5.74, 6) is -0.932. The Morgan fingerprint density at radius 3 is 2.73 bits per heavy atom. The largest absolute Gasteiger partial charge is 0.378 e. The van der Waals surface area contributed by atoms with Gasteiger partial charge in [0.1, 0.15) is 11.5 Å². The van der Waals surface area contributed by atoms with Crippen LogP contribution in [-0.2, 0) is 0 Å². The number of rotatable bonds is 5. The third-order valence-corrected chi connectivity index (χ3v) is 4.56. The number of hydrogen-bond donors (Lipinski definition) is 2. The number of nitrogens with one attached hydrogen (secondary N) is 1. The third kappa shape index (κ3) is 3.80. The van der Waals surface area contributed by atoms with Crippen LogP contribution < -0.4 is 11.2 Å². The van der Waals surface area contributed by atoms with Crippen molar-refractivity contribution >= 4 is 33.9 Å². The second-order valence-corrected chi connectivity index (χ2v) is 6.76. The Hall–Kier alpha value is -3.93. The predicted molar refractivity (Wildman–Crippen MR) is 108 cm³/mol. The zero-order chi connectivity index (χ0) is 21.1. The Balaban J connectivity index is 1.66. The Morgan fingerprint density at radius 1 is 1.23 bits per heavy atom. The molecule has 4 rings (SSSR count). The van der Waals surface area contributed by atoms with Gasteiger partial charge in [0, 0.05) is 5.56 Å². The molecule has 0 bridgehead atoms. The first-order valence-corrected chi connectivity index (χ1v) is 9.22. The van der Waals surface area contributed by atoms with Gasteiger partial charge in [-0.1, -0.05) is 41.6 Å². The van der Waals surface area contributed by atoms with E-state index in [0.29, 0.717) is 16.8 Å². The normalized spacial score (nSPS) is 11.1. The molecule has 0 spiro atoms. The van der Waals surface area contributed by atoms with E-state index in [4.69, 9.17) is 5.73 Å². The smallest absolute Gasteiger partial charge is 0.294 e. The second kappa shape index (κ2) is 8.21. The van der Waals surface area contributed by atoms with Gasteiger partial charge >= 0.3 is 0 Å². The number of hydrogen-bond acceptors (Lipinski definition) is 8. The molecule has 0 fully saturated rings. The number of nitrogen functional groups attached to an aromatic ring is 1. The fourth-order valence-electron chi connectivity index (χ4n) is 2.59. The van der Waals surface area contributed by atoms with Gasteiger partial charge in [0.05, 0.1) is 10.7 Å². The molecule has 150 valence electrons. The minimum atomic E-state index is -0.618. The first-order chi connectivity index (χ1) is 14.5. The molecule has 3 N–H and O–H groups in total. The van der Waals surface area contributed by atoms with E-state index >= 15 is 0 Å². The number of anilines is 1. The monoisotopic (exact) mass is 470 g/mol. The van der Waals surface area contributed by atoms with Crippen molar-refractivity contribution in [2.75, 3.05) is 5.73 Å². The molecule has 2 aromatic heterocycles. The van der Waals surface area contributed by atoms with Crippen molar-refractivity contribution in [1.82, 2.24) is 30.7 Å². The highest BCUT2D eigenvalue weighted by molar-refractivity contribution is 9.10. The van der Waals surface area contributed by atoms with Gasteiger partial charge in [-0.15, -0.1) is 5.10 Å². The topological polar surface area (TPSA) is 137 Å². The maximum atomic E-state index is 13.3. The van der Waals surface area contributed by atoms with Crippen LogP contribution in [0.2, 0.25) is 0 Å². The van der Waals surface area contributed by atoms with Gasteiger partial charge in [-0.3, -0.25) is 4.79 Å². The molecule has 12 heteroatoms. The number of nitrogens with two attached hydrogens (primary N) is 1. The molecule has 0 aliphatic heterocycles. The highest BCUT2D eigenvalue weighted by Crippen LogP contribution is 2.26. The summed E-state index contributed by atoms with van der Waals surface area (Å²) in [5.41, 5.74) is 9.68. The van der Waals surface area contributed by atoms with Crippen LogP contribution in [0, 0.1) is 5.82 Å². The fourth-order valence-corrected chi connectivity index (χ4v) is 2.98. The molecule has 0 atom stereocenters. The number of benzene rings is 2. The van der Waals surface area contributed by atoms with Crippen LogP contribution in [0.3, 0.4) is 0 Å². The summed E-state index contributed by atoms with van der Waals surface area (Å²) in [5, 5.41) is 19.1. The Bertz CT molecular complexity index is 1240. The summed E-state index contributed by atoms with van der Waals surface area (Å²) in [6.45, 7) is 0. The molecule has 0 radical (unpaired) electrons. The SMILES string of the molecule is Nc1nonc1-n1nnc(C(=O)N/N=C/c2ccc(F)c(Br)c2)c1-c1ccccc1. The maximum Gasteiger partial charge on any atom is 0.294 e. The van der Waals surface area contributed by atoms with Crippen LogP contribution in [0.25, 0.3) is 17.1 Å². The molecular weight excluding hydrogens is 459 g/mol. The molecule has 0 unspecified atom stereocenters. The molecule has 10 nitrogen and oxygen atoms in total. The van der Waals surface area contributed by atoms with E-state index in [9.17, 15) is 9.18 Å². The molecular formula is C18H12BrFN8O2. The summed E-state index contributed by atoms with van der Waals surface area (Å²) < 4.78 is 19.5. The molecule has 0 saturated heterocycles. The molecule has 30 heavy (non-hydrogen) atoms.